The van der Waals surface area contributed by atoms with Gasteiger partial charge in [0.1, 0.15) is 0 Å². The van der Waals surface area contributed by atoms with Gasteiger partial charge < -0.3 is 21.3 Å². The van der Waals surface area contributed by atoms with E-state index in [9.17, 15) is 14.4 Å². The molecule has 4 amide bonds. The molecule has 0 radical (unpaired) electrons. The zero-order chi connectivity index (χ0) is 25.4. The normalized spacial score (nSPS) is 10.9. The van der Waals surface area contributed by atoms with Crippen LogP contribution in [0.25, 0.3) is 0 Å². The molecule has 35 heavy (non-hydrogen) atoms. The summed E-state index contributed by atoms with van der Waals surface area (Å²) >= 11 is 0. The monoisotopic (exact) mass is 472 g/mol. The molecule has 0 aliphatic rings. The lowest BCUT2D eigenvalue weighted by Gasteiger charge is -2.19. The zero-order valence-electron chi connectivity index (χ0n) is 20.6. The third-order valence-electron chi connectivity index (χ3n) is 5.45. The Balaban J connectivity index is 1.49. The largest absolute Gasteiger partial charge is 0.352 e. The van der Waals surface area contributed by atoms with Crippen LogP contribution in [0.1, 0.15) is 48.7 Å². The standard InChI is InChI=1S/C28H32N4O3/c1-19-10-15-23(31-27(35)30-22-8-6-5-7-9-22)18-24(19)32-25(33)16-17-29-26(34)20-11-13-21(14-12-20)28(2,3)4/h5-15,18H,16-17H2,1-4H3,(H,29,34)(H,32,33)(H2,30,31,35). The Morgan fingerprint density at radius 1 is 0.771 bits per heavy atom. The van der Waals surface area contributed by atoms with Gasteiger partial charge in [-0.25, -0.2) is 4.79 Å². The van der Waals surface area contributed by atoms with Crippen LogP contribution < -0.4 is 21.3 Å². The summed E-state index contributed by atoms with van der Waals surface area (Å²) in [5, 5.41) is 11.1. The quantitative estimate of drug-likeness (QED) is 0.355. The van der Waals surface area contributed by atoms with Gasteiger partial charge in [-0.05, 0) is 59.9 Å². The maximum absolute atomic E-state index is 12.5. The highest BCUT2D eigenvalue weighted by molar-refractivity contribution is 6.00. The van der Waals surface area contributed by atoms with E-state index < -0.39 is 0 Å². The van der Waals surface area contributed by atoms with Gasteiger partial charge in [-0.15, -0.1) is 0 Å². The third kappa shape index (κ3) is 7.71. The molecule has 7 heteroatoms. The van der Waals surface area contributed by atoms with Gasteiger partial charge in [-0.3, -0.25) is 9.59 Å². The number of rotatable bonds is 7. The highest BCUT2D eigenvalue weighted by Crippen LogP contribution is 2.22. The van der Waals surface area contributed by atoms with Crippen LogP contribution in [0.2, 0.25) is 0 Å². The first-order chi connectivity index (χ1) is 16.6. The van der Waals surface area contributed by atoms with Crippen LogP contribution in [-0.4, -0.2) is 24.4 Å². The van der Waals surface area contributed by atoms with Crippen molar-refractivity contribution in [2.24, 2.45) is 0 Å². The van der Waals surface area contributed by atoms with E-state index in [0.29, 0.717) is 22.6 Å². The molecule has 0 saturated heterocycles. The first-order valence-electron chi connectivity index (χ1n) is 11.5. The zero-order valence-corrected chi connectivity index (χ0v) is 20.6. The fraction of sp³-hybridized carbons (Fsp3) is 0.250. The SMILES string of the molecule is Cc1ccc(NC(=O)Nc2ccccc2)cc1NC(=O)CCNC(=O)c1ccc(C(C)(C)C)cc1. The smallest absolute Gasteiger partial charge is 0.323 e. The van der Waals surface area contributed by atoms with Gasteiger partial charge >= 0.3 is 6.03 Å². The first-order valence-corrected chi connectivity index (χ1v) is 11.5. The lowest BCUT2D eigenvalue weighted by Crippen LogP contribution is -2.28. The number of carbonyl (C=O) groups excluding carboxylic acids is 3. The van der Waals surface area contributed by atoms with Crippen molar-refractivity contribution in [3.8, 4) is 0 Å². The van der Waals surface area contributed by atoms with Crippen LogP contribution >= 0.6 is 0 Å². The molecule has 0 spiro atoms. The first kappa shape index (κ1) is 25.5. The highest BCUT2D eigenvalue weighted by atomic mass is 16.2. The molecule has 0 heterocycles. The second kappa shape index (κ2) is 11.3. The van der Waals surface area contributed by atoms with E-state index in [0.717, 1.165) is 11.1 Å². The van der Waals surface area contributed by atoms with E-state index in [1.807, 2.05) is 43.3 Å². The molecule has 4 N–H and O–H groups in total. The van der Waals surface area contributed by atoms with E-state index in [1.165, 1.54) is 0 Å². The average Bonchev–Trinajstić information content (AvgIpc) is 2.81. The Labute approximate surface area is 206 Å². The number of amides is 4. The topological polar surface area (TPSA) is 99.3 Å². The number of anilines is 3. The molecule has 7 nitrogen and oxygen atoms in total. The highest BCUT2D eigenvalue weighted by Gasteiger charge is 2.14. The van der Waals surface area contributed by atoms with Crippen LogP contribution in [0.5, 0.6) is 0 Å². The van der Waals surface area contributed by atoms with Gasteiger partial charge in [0.25, 0.3) is 5.91 Å². The number of hydrogen-bond donors (Lipinski definition) is 4. The third-order valence-corrected chi connectivity index (χ3v) is 5.45. The minimum Gasteiger partial charge on any atom is -0.352 e. The second-order valence-electron chi connectivity index (χ2n) is 9.36. The van der Waals surface area contributed by atoms with Crippen LogP contribution in [0, 0.1) is 6.92 Å². The molecule has 182 valence electrons. The Kier molecular flexibility index (Phi) is 8.25. The molecule has 3 rings (SSSR count). The molecule has 0 aliphatic carbocycles. The number of carbonyl (C=O) groups is 3. The Morgan fingerprint density at radius 2 is 1.43 bits per heavy atom. The summed E-state index contributed by atoms with van der Waals surface area (Å²) in [6.45, 7) is 8.43. The average molecular weight is 473 g/mol. The van der Waals surface area contributed by atoms with Crippen molar-refractivity contribution >= 4 is 34.9 Å². The summed E-state index contributed by atoms with van der Waals surface area (Å²) in [7, 11) is 0. The molecule has 0 unspecified atom stereocenters. The van der Waals surface area contributed by atoms with Gasteiger partial charge in [-0.2, -0.15) is 0 Å². The van der Waals surface area contributed by atoms with Crippen molar-refractivity contribution in [1.29, 1.82) is 0 Å². The Bertz CT molecular complexity index is 1180. The maximum Gasteiger partial charge on any atom is 0.323 e. The second-order valence-corrected chi connectivity index (χ2v) is 9.36. The molecule has 3 aromatic rings. The van der Waals surface area contributed by atoms with Crippen molar-refractivity contribution < 1.29 is 14.4 Å². The predicted molar refractivity (Wildman–Crippen MR) is 141 cm³/mol. The molecule has 3 aromatic carbocycles. The van der Waals surface area contributed by atoms with Crippen LogP contribution in [0.15, 0.2) is 72.8 Å². The summed E-state index contributed by atoms with van der Waals surface area (Å²) in [5.41, 5.74) is 4.40. The van der Waals surface area contributed by atoms with Gasteiger partial charge in [0.15, 0.2) is 0 Å². The van der Waals surface area contributed by atoms with E-state index in [1.54, 1.807) is 36.4 Å². The molecule has 0 aromatic heterocycles. The number of aryl methyl sites for hydroxylation is 1. The fourth-order valence-corrected chi connectivity index (χ4v) is 3.38. The van der Waals surface area contributed by atoms with E-state index in [2.05, 4.69) is 42.0 Å². The number of benzene rings is 3. The maximum atomic E-state index is 12.5. The molecular weight excluding hydrogens is 440 g/mol. The van der Waals surface area contributed by atoms with Gasteiger partial charge in [-0.1, -0.05) is 57.2 Å². The van der Waals surface area contributed by atoms with Crippen molar-refractivity contribution in [1.82, 2.24) is 5.32 Å². The van der Waals surface area contributed by atoms with Crippen LogP contribution in [-0.2, 0) is 10.2 Å². The number of urea groups is 1. The summed E-state index contributed by atoms with van der Waals surface area (Å²) < 4.78 is 0. The molecule has 0 saturated carbocycles. The number of para-hydroxylation sites is 1. The number of nitrogens with one attached hydrogen (secondary N) is 4. The summed E-state index contributed by atoms with van der Waals surface area (Å²) in [6, 6.07) is 21.5. The van der Waals surface area contributed by atoms with E-state index in [4.69, 9.17) is 0 Å². The number of hydrogen-bond acceptors (Lipinski definition) is 3. The van der Waals surface area contributed by atoms with Gasteiger partial charge in [0.2, 0.25) is 5.91 Å². The van der Waals surface area contributed by atoms with Crippen LogP contribution in [0.3, 0.4) is 0 Å². The molecule has 0 fully saturated rings. The predicted octanol–water partition coefficient (Wildman–Crippen LogP) is 5.70. The lowest BCUT2D eigenvalue weighted by molar-refractivity contribution is -0.116. The van der Waals surface area contributed by atoms with Crippen molar-refractivity contribution in [3.63, 3.8) is 0 Å². The van der Waals surface area contributed by atoms with E-state index >= 15 is 0 Å². The molecule has 0 bridgehead atoms. The molecular formula is C28H32N4O3. The summed E-state index contributed by atoms with van der Waals surface area (Å²) in [4.78, 5) is 37.1. The Hall–Kier alpha value is -4.13. The van der Waals surface area contributed by atoms with Crippen molar-refractivity contribution in [2.45, 2.75) is 39.5 Å². The van der Waals surface area contributed by atoms with Gasteiger partial charge in [0, 0.05) is 35.6 Å². The molecule has 0 aliphatic heterocycles. The summed E-state index contributed by atoms with van der Waals surface area (Å²) in [6.07, 6.45) is 0.122. The van der Waals surface area contributed by atoms with Crippen LogP contribution in [0.4, 0.5) is 21.9 Å². The van der Waals surface area contributed by atoms with Crippen molar-refractivity contribution in [3.05, 3.63) is 89.5 Å². The molecule has 0 atom stereocenters. The summed E-state index contributed by atoms with van der Waals surface area (Å²) in [5.74, 6) is -0.451. The minimum absolute atomic E-state index is 0.0176. The fourth-order valence-electron chi connectivity index (χ4n) is 3.38. The van der Waals surface area contributed by atoms with E-state index in [-0.39, 0.29) is 36.2 Å². The van der Waals surface area contributed by atoms with Crippen molar-refractivity contribution in [2.75, 3.05) is 22.5 Å². The lowest BCUT2D eigenvalue weighted by atomic mass is 9.87. The minimum atomic E-state index is -0.379. The van der Waals surface area contributed by atoms with Gasteiger partial charge in [0.05, 0.1) is 0 Å². The Morgan fingerprint density at radius 3 is 2.09 bits per heavy atom.